The molecule has 3 atom stereocenters. The summed E-state index contributed by atoms with van der Waals surface area (Å²) in [6.45, 7) is 8.43. The highest BCUT2D eigenvalue weighted by Gasteiger charge is 2.47. The first-order chi connectivity index (χ1) is 16.3. The van der Waals surface area contributed by atoms with Crippen molar-refractivity contribution in [2.24, 2.45) is 0 Å². The lowest BCUT2D eigenvalue weighted by Crippen LogP contribution is -2.54. The van der Waals surface area contributed by atoms with Gasteiger partial charge < -0.3 is 15.2 Å². The molecule has 0 spiro atoms. The van der Waals surface area contributed by atoms with Gasteiger partial charge in [0, 0.05) is 30.4 Å². The lowest BCUT2D eigenvalue weighted by Gasteiger charge is -2.27. The van der Waals surface area contributed by atoms with Gasteiger partial charge in [-0.25, -0.2) is 12.8 Å². The maximum Gasteiger partial charge on any atom is 0.253 e. The topological polar surface area (TPSA) is 136 Å². The molecule has 1 saturated heterocycles. The number of sulfone groups is 1. The number of carbonyl (C=O) groups excluding carboxylic acids is 1. The first-order valence-electron chi connectivity index (χ1n) is 11.2. The molecule has 4 rings (SSSR count). The van der Waals surface area contributed by atoms with E-state index < -0.39 is 39.5 Å². The highest BCUT2D eigenvalue weighted by molar-refractivity contribution is 7.91. The summed E-state index contributed by atoms with van der Waals surface area (Å²) >= 11 is 0. The van der Waals surface area contributed by atoms with Gasteiger partial charge in [-0.15, -0.1) is 0 Å². The van der Waals surface area contributed by atoms with Gasteiger partial charge in [0.25, 0.3) is 5.91 Å². The molecule has 1 unspecified atom stereocenters. The van der Waals surface area contributed by atoms with Crippen LogP contribution >= 0.6 is 0 Å². The molecule has 3 aromatic heterocycles. The molecule has 0 aromatic carbocycles. The van der Waals surface area contributed by atoms with Gasteiger partial charge in [0.05, 0.1) is 40.4 Å². The average Bonchev–Trinajstić information content (AvgIpc) is 3.22. The predicted octanol–water partition coefficient (Wildman–Crippen LogP) is 2.35. The van der Waals surface area contributed by atoms with Crippen LogP contribution in [0.25, 0.3) is 22.3 Å². The second-order valence-corrected chi connectivity index (χ2v) is 11.5. The van der Waals surface area contributed by atoms with Gasteiger partial charge in [0.1, 0.15) is 17.0 Å². The van der Waals surface area contributed by atoms with E-state index in [2.05, 4.69) is 15.3 Å². The van der Waals surface area contributed by atoms with Crippen LogP contribution in [0.3, 0.4) is 0 Å². The summed E-state index contributed by atoms with van der Waals surface area (Å²) in [5, 5.41) is 17.6. The molecule has 10 nitrogen and oxygen atoms in total. The number of ether oxygens (including phenoxy) is 1. The van der Waals surface area contributed by atoms with E-state index in [1.807, 2.05) is 13.8 Å². The fraction of sp³-hybridized carbons (Fsp3) is 0.478. The second-order valence-electron chi connectivity index (χ2n) is 9.39. The Kier molecular flexibility index (Phi) is 6.30. The highest BCUT2D eigenvalue weighted by atomic mass is 32.2. The van der Waals surface area contributed by atoms with E-state index in [4.69, 9.17) is 9.84 Å². The summed E-state index contributed by atoms with van der Waals surface area (Å²) in [4.78, 5) is 21.8. The summed E-state index contributed by atoms with van der Waals surface area (Å²) in [5.41, 5.74) is 1.76. The molecule has 4 heterocycles. The third-order valence-corrected chi connectivity index (χ3v) is 7.84. The smallest absolute Gasteiger partial charge is 0.253 e. The maximum atomic E-state index is 13.4. The van der Waals surface area contributed by atoms with Gasteiger partial charge in [0.15, 0.2) is 9.84 Å². The van der Waals surface area contributed by atoms with Crippen molar-refractivity contribution in [2.45, 2.75) is 58.7 Å². The number of hydrogen-bond acceptors (Lipinski definition) is 8. The van der Waals surface area contributed by atoms with Crippen molar-refractivity contribution in [3.63, 3.8) is 0 Å². The number of amides is 1. The number of carbonyl (C=O) groups is 1. The van der Waals surface area contributed by atoms with Crippen molar-refractivity contribution in [2.75, 3.05) is 11.5 Å². The van der Waals surface area contributed by atoms with E-state index in [1.165, 1.54) is 26.2 Å². The SMILES string of the molecule is Cc1ncc(OC(C)F)cc1-c1nn(C(C)C)c2cc(C(=O)N[C@]3(C)CS(=O)(=O)C[C@H]3O)cnc12. The molecule has 12 heteroatoms. The van der Waals surface area contributed by atoms with Gasteiger partial charge in [0.2, 0.25) is 6.36 Å². The molecule has 2 N–H and O–H groups in total. The lowest BCUT2D eigenvalue weighted by molar-refractivity contribution is 0.0763. The first kappa shape index (κ1) is 25.0. The Bertz CT molecular complexity index is 1400. The summed E-state index contributed by atoms with van der Waals surface area (Å²) in [5.74, 6) is -1.05. The van der Waals surface area contributed by atoms with Crippen molar-refractivity contribution in [1.29, 1.82) is 0 Å². The Hall–Kier alpha value is -3.12. The highest BCUT2D eigenvalue weighted by Crippen LogP contribution is 2.33. The summed E-state index contributed by atoms with van der Waals surface area (Å²) in [6, 6.07) is 3.19. The molecule has 0 radical (unpaired) electrons. The van der Waals surface area contributed by atoms with Crippen LogP contribution in [0.1, 0.15) is 49.8 Å². The van der Waals surface area contributed by atoms with E-state index in [0.29, 0.717) is 28.0 Å². The van der Waals surface area contributed by atoms with Crippen LogP contribution in [-0.4, -0.2) is 68.7 Å². The van der Waals surface area contributed by atoms with Crippen molar-refractivity contribution < 1.29 is 27.4 Å². The molecule has 1 aliphatic heterocycles. The Morgan fingerprint density at radius 3 is 2.60 bits per heavy atom. The summed E-state index contributed by atoms with van der Waals surface area (Å²) < 4.78 is 44.1. The molecule has 1 fully saturated rings. The largest absolute Gasteiger partial charge is 0.459 e. The zero-order valence-electron chi connectivity index (χ0n) is 20.1. The van der Waals surface area contributed by atoms with Crippen molar-refractivity contribution in [3.05, 3.63) is 35.8 Å². The van der Waals surface area contributed by atoms with Crippen LogP contribution in [0, 0.1) is 6.92 Å². The number of alkyl halides is 1. The Balaban J connectivity index is 1.75. The quantitative estimate of drug-likeness (QED) is 0.521. The lowest BCUT2D eigenvalue weighted by atomic mass is 9.98. The Morgan fingerprint density at radius 2 is 2.00 bits per heavy atom. The number of aliphatic hydroxyl groups excluding tert-OH is 1. The van der Waals surface area contributed by atoms with Crippen LogP contribution in [0.5, 0.6) is 5.75 Å². The molecule has 0 bridgehead atoms. The molecule has 0 saturated carbocycles. The van der Waals surface area contributed by atoms with Gasteiger partial charge in [-0.1, -0.05) is 0 Å². The van der Waals surface area contributed by atoms with Gasteiger partial charge >= 0.3 is 0 Å². The number of pyridine rings is 2. The summed E-state index contributed by atoms with van der Waals surface area (Å²) in [7, 11) is -3.46. The Labute approximate surface area is 202 Å². The van der Waals surface area contributed by atoms with Gasteiger partial charge in [-0.2, -0.15) is 5.10 Å². The standard InChI is InChI=1S/C23H28FN5O5S/c1-12(2)29-18-6-15(22(31)27-23(5)11-35(32,33)10-19(23)30)8-26-21(18)20(28-29)17-7-16(34-14(4)24)9-25-13(17)3/h6-9,12,14,19,30H,10-11H2,1-5H3,(H,27,31)/t14?,19-,23-/m1/s1. The average molecular weight is 506 g/mol. The zero-order valence-corrected chi connectivity index (χ0v) is 20.9. The maximum absolute atomic E-state index is 13.4. The first-order valence-corrected chi connectivity index (χ1v) is 13.0. The minimum absolute atomic E-state index is 0.0794. The van der Waals surface area contributed by atoms with Crippen LogP contribution in [0.2, 0.25) is 0 Å². The normalized spacial score (nSPS) is 22.5. The fourth-order valence-electron chi connectivity index (χ4n) is 4.21. The Morgan fingerprint density at radius 1 is 1.29 bits per heavy atom. The van der Waals surface area contributed by atoms with Crippen molar-refractivity contribution >= 4 is 26.8 Å². The van der Waals surface area contributed by atoms with E-state index in [0.717, 1.165) is 0 Å². The molecule has 1 amide bonds. The fourth-order valence-corrected chi connectivity index (χ4v) is 6.36. The zero-order chi connectivity index (χ0) is 25.7. The predicted molar refractivity (Wildman–Crippen MR) is 128 cm³/mol. The van der Waals surface area contributed by atoms with Crippen LogP contribution in [0.15, 0.2) is 24.5 Å². The van der Waals surface area contributed by atoms with Crippen molar-refractivity contribution in [1.82, 2.24) is 25.1 Å². The number of aromatic nitrogens is 4. The number of fused-ring (bicyclic) bond motifs is 1. The van der Waals surface area contributed by atoms with E-state index in [9.17, 15) is 22.7 Å². The number of hydrogen-bond donors (Lipinski definition) is 2. The molecule has 188 valence electrons. The number of rotatable bonds is 6. The molecular weight excluding hydrogens is 477 g/mol. The number of nitrogens with zero attached hydrogens (tertiary/aromatic N) is 4. The third-order valence-electron chi connectivity index (χ3n) is 5.98. The molecule has 1 aliphatic rings. The molecule has 35 heavy (non-hydrogen) atoms. The van der Waals surface area contributed by atoms with Crippen molar-refractivity contribution in [3.8, 4) is 17.0 Å². The van der Waals surface area contributed by atoms with E-state index in [1.54, 1.807) is 23.7 Å². The monoisotopic (exact) mass is 505 g/mol. The summed E-state index contributed by atoms with van der Waals surface area (Å²) in [6.07, 6.45) is 0.0917. The number of aryl methyl sites for hydroxylation is 1. The number of halogens is 1. The van der Waals surface area contributed by atoms with Gasteiger partial charge in [-0.05, 0) is 39.8 Å². The van der Waals surface area contributed by atoms with Crippen LogP contribution < -0.4 is 10.1 Å². The molecule has 3 aromatic rings. The van der Waals surface area contributed by atoms with Gasteiger partial charge in [-0.3, -0.25) is 19.4 Å². The number of nitrogens with one attached hydrogen (secondary N) is 1. The number of aliphatic hydroxyl groups is 1. The van der Waals surface area contributed by atoms with E-state index >= 15 is 0 Å². The molecular formula is C23H28FN5O5S. The van der Waals surface area contributed by atoms with Crippen LogP contribution in [-0.2, 0) is 9.84 Å². The minimum atomic E-state index is -3.46. The third kappa shape index (κ3) is 4.85. The second kappa shape index (κ2) is 8.83. The van der Waals surface area contributed by atoms with E-state index in [-0.39, 0.29) is 23.1 Å². The molecule has 0 aliphatic carbocycles. The van der Waals surface area contributed by atoms with Crippen LogP contribution in [0.4, 0.5) is 4.39 Å². The minimum Gasteiger partial charge on any atom is -0.459 e.